The molecule has 1 heterocycles. The standard InChI is InChI=1S/C26H32N4O2S/c1-17-10-15-23(18(2)16-17)27-25(31)19(3)33-26-29-28-24(20-11-13-22(32-4)14-12-20)30(26)21-8-6-5-7-9-21/h10-16,19,21H,5-9H2,1-4H3,(H,27,31). The molecule has 174 valence electrons. The number of ether oxygens (including phenoxy) is 1. The zero-order chi connectivity index (χ0) is 23.4. The normalized spacial score (nSPS) is 15.3. The van der Waals surface area contributed by atoms with E-state index in [2.05, 4.69) is 33.1 Å². The largest absolute Gasteiger partial charge is 0.497 e. The van der Waals surface area contributed by atoms with Crippen LogP contribution < -0.4 is 10.1 Å². The molecular formula is C26H32N4O2S. The third kappa shape index (κ3) is 5.41. The predicted octanol–water partition coefficient (Wildman–Crippen LogP) is 6.20. The Kier molecular flexibility index (Phi) is 7.38. The molecule has 0 radical (unpaired) electrons. The Hall–Kier alpha value is -2.80. The molecule has 6 nitrogen and oxygen atoms in total. The Morgan fingerprint density at radius 1 is 1.09 bits per heavy atom. The number of anilines is 1. The zero-order valence-corrected chi connectivity index (χ0v) is 20.6. The van der Waals surface area contributed by atoms with Gasteiger partial charge in [0.2, 0.25) is 5.91 Å². The maximum Gasteiger partial charge on any atom is 0.237 e. The van der Waals surface area contributed by atoms with E-state index < -0.39 is 0 Å². The van der Waals surface area contributed by atoms with Gasteiger partial charge in [-0.15, -0.1) is 10.2 Å². The highest BCUT2D eigenvalue weighted by Gasteiger charge is 2.26. The minimum atomic E-state index is -0.305. The number of methoxy groups -OCH3 is 1. The number of benzene rings is 2. The molecule has 1 saturated carbocycles. The highest BCUT2D eigenvalue weighted by Crippen LogP contribution is 2.37. The smallest absolute Gasteiger partial charge is 0.237 e. The van der Waals surface area contributed by atoms with Gasteiger partial charge in [-0.3, -0.25) is 9.36 Å². The first kappa shape index (κ1) is 23.4. The van der Waals surface area contributed by atoms with Gasteiger partial charge in [0.05, 0.1) is 12.4 Å². The number of carbonyl (C=O) groups is 1. The van der Waals surface area contributed by atoms with Crippen molar-refractivity contribution in [2.75, 3.05) is 12.4 Å². The minimum absolute atomic E-state index is 0.0313. The number of rotatable bonds is 7. The van der Waals surface area contributed by atoms with Gasteiger partial charge in [-0.05, 0) is 69.5 Å². The molecule has 1 aromatic heterocycles. The van der Waals surface area contributed by atoms with Gasteiger partial charge in [0, 0.05) is 17.3 Å². The van der Waals surface area contributed by atoms with E-state index in [-0.39, 0.29) is 11.2 Å². The second-order valence-electron chi connectivity index (χ2n) is 8.76. The molecule has 4 rings (SSSR count). The van der Waals surface area contributed by atoms with Crippen molar-refractivity contribution >= 4 is 23.4 Å². The van der Waals surface area contributed by atoms with Crippen LogP contribution in [-0.2, 0) is 4.79 Å². The number of aromatic nitrogens is 3. The van der Waals surface area contributed by atoms with Crippen molar-refractivity contribution in [3.63, 3.8) is 0 Å². The van der Waals surface area contributed by atoms with Crippen LogP contribution in [0.5, 0.6) is 5.75 Å². The van der Waals surface area contributed by atoms with E-state index in [1.807, 2.05) is 50.2 Å². The van der Waals surface area contributed by atoms with Crippen molar-refractivity contribution in [1.29, 1.82) is 0 Å². The van der Waals surface area contributed by atoms with Gasteiger partial charge in [0.15, 0.2) is 11.0 Å². The van der Waals surface area contributed by atoms with Crippen molar-refractivity contribution in [2.45, 2.75) is 69.3 Å². The van der Waals surface area contributed by atoms with E-state index in [4.69, 9.17) is 4.74 Å². The molecule has 1 unspecified atom stereocenters. The van der Waals surface area contributed by atoms with Gasteiger partial charge in [-0.1, -0.05) is 48.7 Å². The number of nitrogens with zero attached hydrogens (tertiary/aromatic N) is 3. The molecule has 33 heavy (non-hydrogen) atoms. The fourth-order valence-corrected chi connectivity index (χ4v) is 5.28. The highest BCUT2D eigenvalue weighted by molar-refractivity contribution is 8.00. The molecule has 0 bridgehead atoms. The SMILES string of the molecule is COc1ccc(-c2nnc(SC(C)C(=O)Nc3ccc(C)cc3C)n2C2CCCCC2)cc1. The quantitative estimate of drug-likeness (QED) is 0.422. The van der Waals surface area contributed by atoms with Gasteiger partial charge in [-0.25, -0.2) is 0 Å². The summed E-state index contributed by atoms with van der Waals surface area (Å²) in [7, 11) is 1.67. The lowest BCUT2D eigenvalue weighted by atomic mass is 9.95. The number of thioether (sulfide) groups is 1. The van der Waals surface area contributed by atoms with Crippen molar-refractivity contribution in [2.24, 2.45) is 0 Å². The number of hydrogen-bond acceptors (Lipinski definition) is 5. The molecule has 1 aliphatic rings. The summed E-state index contributed by atoms with van der Waals surface area (Å²) in [6, 6.07) is 14.3. The van der Waals surface area contributed by atoms with Crippen molar-refractivity contribution in [3.05, 3.63) is 53.6 Å². The Morgan fingerprint density at radius 3 is 2.48 bits per heavy atom. The van der Waals surface area contributed by atoms with Crippen molar-refractivity contribution in [3.8, 4) is 17.1 Å². The van der Waals surface area contributed by atoms with Crippen LogP contribution >= 0.6 is 11.8 Å². The summed E-state index contributed by atoms with van der Waals surface area (Å²) in [5.41, 5.74) is 4.10. The maximum absolute atomic E-state index is 13.0. The van der Waals surface area contributed by atoms with E-state index in [1.54, 1.807) is 7.11 Å². The van der Waals surface area contributed by atoms with Gasteiger partial charge in [-0.2, -0.15) is 0 Å². The molecule has 1 fully saturated rings. The second kappa shape index (κ2) is 10.4. The topological polar surface area (TPSA) is 69.0 Å². The zero-order valence-electron chi connectivity index (χ0n) is 19.8. The molecule has 0 saturated heterocycles. The van der Waals surface area contributed by atoms with Gasteiger partial charge < -0.3 is 10.1 Å². The lowest BCUT2D eigenvalue weighted by Crippen LogP contribution is -2.24. The van der Waals surface area contributed by atoms with Crippen LogP contribution in [0.4, 0.5) is 5.69 Å². The molecule has 1 amide bonds. The summed E-state index contributed by atoms with van der Waals surface area (Å²) in [5.74, 6) is 1.64. The molecule has 1 aliphatic carbocycles. The summed E-state index contributed by atoms with van der Waals surface area (Å²) in [5, 5.41) is 12.7. The van der Waals surface area contributed by atoms with E-state index >= 15 is 0 Å². The van der Waals surface area contributed by atoms with E-state index in [0.29, 0.717) is 6.04 Å². The molecule has 1 atom stereocenters. The molecule has 0 spiro atoms. The predicted molar refractivity (Wildman–Crippen MR) is 134 cm³/mol. The van der Waals surface area contributed by atoms with Gasteiger partial charge in [0.1, 0.15) is 5.75 Å². The summed E-state index contributed by atoms with van der Waals surface area (Å²) in [6.07, 6.45) is 5.90. The van der Waals surface area contributed by atoms with Crippen LogP contribution in [0.15, 0.2) is 47.6 Å². The first-order valence-electron chi connectivity index (χ1n) is 11.6. The monoisotopic (exact) mass is 464 g/mol. The molecule has 2 aromatic carbocycles. The third-order valence-corrected chi connectivity index (χ3v) is 7.30. The van der Waals surface area contributed by atoms with Crippen LogP contribution in [0.1, 0.15) is 56.2 Å². The third-order valence-electron chi connectivity index (χ3n) is 6.24. The summed E-state index contributed by atoms with van der Waals surface area (Å²) >= 11 is 1.48. The number of aryl methyl sites for hydroxylation is 2. The lowest BCUT2D eigenvalue weighted by molar-refractivity contribution is -0.115. The van der Waals surface area contributed by atoms with Crippen LogP contribution in [0.3, 0.4) is 0 Å². The Labute approximate surface area is 200 Å². The Bertz CT molecular complexity index is 1100. The fourth-order valence-electron chi connectivity index (χ4n) is 4.36. The molecular weight excluding hydrogens is 432 g/mol. The van der Waals surface area contributed by atoms with Crippen LogP contribution in [0.25, 0.3) is 11.4 Å². The first-order chi connectivity index (χ1) is 16.0. The molecule has 0 aliphatic heterocycles. The lowest BCUT2D eigenvalue weighted by Gasteiger charge is -2.26. The summed E-state index contributed by atoms with van der Waals surface area (Å²) < 4.78 is 7.56. The number of hydrogen-bond donors (Lipinski definition) is 1. The average molecular weight is 465 g/mol. The van der Waals surface area contributed by atoms with Crippen molar-refractivity contribution in [1.82, 2.24) is 14.8 Å². The van der Waals surface area contributed by atoms with Gasteiger partial charge >= 0.3 is 0 Å². The second-order valence-corrected chi connectivity index (χ2v) is 10.1. The van der Waals surface area contributed by atoms with E-state index in [9.17, 15) is 4.79 Å². The summed E-state index contributed by atoms with van der Waals surface area (Å²) in [4.78, 5) is 13.0. The average Bonchev–Trinajstić information content (AvgIpc) is 3.24. The Morgan fingerprint density at radius 2 is 1.82 bits per heavy atom. The number of carbonyl (C=O) groups excluding carboxylic acids is 1. The van der Waals surface area contributed by atoms with Crippen molar-refractivity contribution < 1.29 is 9.53 Å². The Balaban J connectivity index is 1.58. The van der Waals surface area contributed by atoms with Crippen LogP contribution in [0.2, 0.25) is 0 Å². The fraction of sp³-hybridized carbons (Fsp3) is 0.423. The molecule has 1 N–H and O–H groups in total. The number of nitrogens with one attached hydrogen (secondary N) is 1. The minimum Gasteiger partial charge on any atom is -0.497 e. The summed E-state index contributed by atoms with van der Waals surface area (Å²) in [6.45, 7) is 5.99. The van der Waals surface area contributed by atoms with E-state index in [0.717, 1.165) is 46.4 Å². The van der Waals surface area contributed by atoms with Crippen LogP contribution in [-0.4, -0.2) is 33.0 Å². The maximum atomic E-state index is 13.0. The van der Waals surface area contributed by atoms with E-state index in [1.165, 1.54) is 36.6 Å². The number of amides is 1. The molecule has 3 aromatic rings. The van der Waals surface area contributed by atoms with Crippen LogP contribution in [0, 0.1) is 13.8 Å². The molecule has 7 heteroatoms. The first-order valence-corrected chi connectivity index (χ1v) is 12.5. The van der Waals surface area contributed by atoms with Gasteiger partial charge in [0.25, 0.3) is 0 Å². The highest BCUT2D eigenvalue weighted by atomic mass is 32.2.